The van der Waals surface area contributed by atoms with Crippen molar-refractivity contribution in [3.63, 3.8) is 0 Å². The lowest BCUT2D eigenvalue weighted by Gasteiger charge is -2.02. The molecule has 0 saturated heterocycles. The summed E-state index contributed by atoms with van der Waals surface area (Å²) < 4.78 is 1.56. The normalized spacial score (nSPS) is 11.3. The Morgan fingerprint density at radius 3 is 2.81 bits per heavy atom. The van der Waals surface area contributed by atoms with Crippen molar-refractivity contribution in [3.05, 3.63) is 46.4 Å². The molecule has 3 aromatic rings. The SMILES string of the molecule is Oc1cc(O)c(C=NNc2nc3ccccc3s2)cc1Br. The molecule has 0 aliphatic heterocycles. The molecule has 2 aromatic carbocycles. The van der Waals surface area contributed by atoms with Crippen molar-refractivity contribution in [1.29, 1.82) is 0 Å². The zero-order valence-corrected chi connectivity index (χ0v) is 13.0. The summed E-state index contributed by atoms with van der Waals surface area (Å²) in [4.78, 5) is 4.38. The van der Waals surface area contributed by atoms with Gasteiger partial charge in [-0.2, -0.15) is 5.10 Å². The summed E-state index contributed by atoms with van der Waals surface area (Å²) in [5, 5.41) is 23.9. The molecule has 0 spiro atoms. The van der Waals surface area contributed by atoms with Crippen molar-refractivity contribution in [3.8, 4) is 11.5 Å². The first-order valence-corrected chi connectivity index (χ1v) is 7.60. The maximum atomic E-state index is 9.71. The Labute approximate surface area is 132 Å². The molecule has 0 bridgehead atoms. The average Bonchev–Trinajstić information content (AvgIpc) is 2.87. The summed E-state index contributed by atoms with van der Waals surface area (Å²) in [6, 6.07) is 10.6. The molecule has 3 N–H and O–H groups in total. The number of aromatic hydroxyl groups is 2. The van der Waals surface area contributed by atoms with E-state index in [1.165, 1.54) is 23.6 Å². The molecule has 5 nitrogen and oxygen atoms in total. The van der Waals surface area contributed by atoms with E-state index in [1.54, 1.807) is 6.07 Å². The molecule has 0 saturated carbocycles. The molecule has 7 heteroatoms. The average molecular weight is 364 g/mol. The van der Waals surface area contributed by atoms with Crippen LogP contribution in [-0.4, -0.2) is 21.4 Å². The van der Waals surface area contributed by atoms with Crippen LogP contribution in [0.2, 0.25) is 0 Å². The van der Waals surface area contributed by atoms with Crippen LogP contribution in [0.1, 0.15) is 5.56 Å². The Kier molecular flexibility index (Phi) is 3.76. The fourth-order valence-corrected chi connectivity index (χ4v) is 2.92. The highest BCUT2D eigenvalue weighted by Crippen LogP contribution is 2.30. The minimum absolute atomic E-state index is 0.0243. The van der Waals surface area contributed by atoms with E-state index in [1.807, 2.05) is 24.3 Å². The number of rotatable bonds is 3. The highest BCUT2D eigenvalue weighted by molar-refractivity contribution is 9.10. The molecule has 0 unspecified atom stereocenters. The molecular weight excluding hydrogens is 354 g/mol. The predicted molar refractivity (Wildman–Crippen MR) is 88.3 cm³/mol. The van der Waals surface area contributed by atoms with Crippen molar-refractivity contribution in [2.75, 3.05) is 5.43 Å². The molecule has 0 atom stereocenters. The van der Waals surface area contributed by atoms with Gasteiger partial charge in [0.1, 0.15) is 11.5 Å². The Bertz CT molecular complexity index is 799. The zero-order chi connectivity index (χ0) is 14.8. The standard InChI is InChI=1S/C14H10BrN3O2S/c15-9-5-8(11(19)6-12(9)20)7-16-18-14-17-10-3-1-2-4-13(10)21-14/h1-7,19-20H,(H,17,18). The van der Waals surface area contributed by atoms with Crippen LogP contribution in [0.4, 0.5) is 5.13 Å². The van der Waals surface area contributed by atoms with Gasteiger partial charge in [0, 0.05) is 11.6 Å². The summed E-state index contributed by atoms with van der Waals surface area (Å²) in [6.45, 7) is 0. The first-order valence-electron chi connectivity index (χ1n) is 5.99. The maximum absolute atomic E-state index is 9.71. The van der Waals surface area contributed by atoms with E-state index in [0.29, 0.717) is 15.2 Å². The van der Waals surface area contributed by atoms with E-state index in [-0.39, 0.29) is 11.5 Å². The number of anilines is 1. The molecule has 106 valence electrons. The van der Waals surface area contributed by atoms with Crippen molar-refractivity contribution < 1.29 is 10.2 Å². The summed E-state index contributed by atoms with van der Waals surface area (Å²) in [5.74, 6) is -0.0747. The third-order valence-electron chi connectivity index (χ3n) is 2.75. The molecule has 21 heavy (non-hydrogen) atoms. The van der Waals surface area contributed by atoms with Crippen molar-refractivity contribution >= 4 is 48.8 Å². The van der Waals surface area contributed by atoms with E-state index in [0.717, 1.165) is 10.2 Å². The Morgan fingerprint density at radius 2 is 2.00 bits per heavy atom. The second-order valence-electron chi connectivity index (χ2n) is 4.22. The van der Waals surface area contributed by atoms with Crippen LogP contribution in [0.15, 0.2) is 46.0 Å². The van der Waals surface area contributed by atoms with Crippen molar-refractivity contribution in [2.45, 2.75) is 0 Å². The number of phenolic OH excluding ortho intramolecular Hbond substituents is 2. The molecule has 3 rings (SSSR count). The minimum atomic E-state index is -0.0504. The summed E-state index contributed by atoms with van der Waals surface area (Å²) in [5.41, 5.74) is 4.22. The van der Waals surface area contributed by atoms with Gasteiger partial charge in [-0.1, -0.05) is 23.5 Å². The molecule has 0 fully saturated rings. The fraction of sp³-hybridized carbons (Fsp3) is 0. The topological polar surface area (TPSA) is 77.7 Å². The van der Waals surface area contributed by atoms with Gasteiger partial charge in [0.15, 0.2) is 0 Å². The number of phenols is 2. The third-order valence-corrected chi connectivity index (χ3v) is 4.33. The lowest BCUT2D eigenvalue weighted by molar-refractivity contribution is 0.448. The monoisotopic (exact) mass is 363 g/mol. The van der Waals surface area contributed by atoms with Crippen molar-refractivity contribution in [1.82, 2.24) is 4.98 Å². The second-order valence-corrected chi connectivity index (χ2v) is 6.10. The number of hydrogen-bond donors (Lipinski definition) is 3. The van der Waals surface area contributed by atoms with E-state index in [9.17, 15) is 10.2 Å². The first kappa shape index (κ1) is 13.8. The molecule has 1 aromatic heterocycles. The lowest BCUT2D eigenvalue weighted by Crippen LogP contribution is -1.90. The van der Waals surface area contributed by atoms with Crippen LogP contribution in [0.5, 0.6) is 11.5 Å². The number of halogens is 1. The largest absolute Gasteiger partial charge is 0.507 e. The smallest absolute Gasteiger partial charge is 0.204 e. The van der Waals surface area contributed by atoms with Gasteiger partial charge in [-0.15, -0.1) is 0 Å². The number of aromatic nitrogens is 1. The Balaban J connectivity index is 1.79. The third kappa shape index (κ3) is 2.98. The summed E-state index contributed by atoms with van der Waals surface area (Å²) in [6.07, 6.45) is 1.46. The van der Waals surface area contributed by atoms with Gasteiger partial charge in [-0.25, -0.2) is 4.98 Å². The van der Waals surface area contributed by atoms with Crippen LogP contribution < -0.4 is 5.43 Å². The molecule has 0 amide bonds. The van der Waals surface area contributed by atoms with Gasteiger partial charge in [0.2, 0.25) is 5.13 Å². The molecule has 0 aliphatic rings. The summed E-state index contributed by atoms with van der Waals surface area (Å²) >= 11 is 4.68. The van der Waals surface area contributed by atoms with Gasteiger partial charge in [-0.05, 0) is 34.1 Å². The quantitative estimate of drug-likeness (QED) is 0.486. The second kappa shape index (κ2) is 5.71. The van der Waals surface area contributed by atoms with Gasteiger partial charge in [0.05, 0.1) is 20.9 Å². The first-order chi connectivity index (χ1) is 10.1. The fourth-order valence-electron chi connectivity index (χ4n) is 1.75. The Hall–Kier alpha value is -2.12. The molecular formula is C14H10BrN3O2S. The molecule has 0 aliphatic carbocycles. The highest BCUT2D eigenvalue weighted by atomic mass is 79.9. The van der Waals surface area contributed by atoms with Gasteiger partial charge in [0.25, 0.3) is 0 Å². The minimum Gasteiger partial charge on any atom is -0.507 e. The van der Waals surface area contributed by atoms with Crippen LogP contribution in [0.3, 0.4) is 0 Å². The zero-order valence-electron chi connectivity index (χ0n) is 10.6. The molecule has 1 heterocycles. The van der Waals surface area contributed by atoms with Gasteiger partial charge < -0.3 is 10.2 Å². The Morgan fingerprint density at radius 1 is 1.19 bits per heavy atom. The number of hydrazone groups is 1. The van der Waals surface area contributed by atoms with Crippen LogP contribution in [0.25, 0.3) is 10.2 Å². The highest BCUT2D eigenvalue weighted by Gasteiger charge is 2.05. The number of thiazole rings is 1. The number of nitrogens with one attached hydrogen (secondary N) is 1. The van der Waals surface area contributed by atoms with Gasteiger partial charge in [-0.3, -0.25) is 5.43 Å². The summed E-state index contributed by atoms with van der Waals surface area (Å²) in [7, 11) is 0. The van der Waals surface area contributed by atoms with E-state index in [4.69, 9.17) is 0 Å². The van der Waals surface area contributed by atoms with Gasteiger partial charge >= 0.3 is 0 Å². The molecule has 0 radical (unpaired) electrons. The number of nitrogens with zero attached hydrogens (tertiary/aromatic N) is 2. The number of hydrogen-bond acceptors (Lipinski definition) is 6. The van der Waals surface area contributed by atoms with Crippen molar-refractivity contribution in [2.24, 2.45) is 5.10 Å². The predicted octanol–water partition coefficient (Wildman–Crippen LogP) is 3.92. The number of benzene rings is 2. The number of para-hydroxylation sites is 1. The van der Waals surface area contributed by atoms with E-state index >= 15 is 0 Å². The van der Waals surface area contributed by atoms with E-state index < -0.39 is 0 Å². The van der Waals surface area contributed by atoms with Crippen LogP contribution in [-0.2, 0) is 0 Å². The van der Waals surface area contributed by atoms with E-state index in [2.05, 4.69) is 31.4 Å². The van der Waals surface area contributed by atoms with Crippen LogP contribution >= 0.6 is 27.3 Å². The number of fused-ring (bicyclic) bond motifs is 1. The maximum Gasteiger partial charge on any atom is 0.204 e. The lowest BCUT2D eigenvalue weighted by atomic mass is 10.2. The van der Waals surface area contributed by atoms with Crippen LogP contribution in [0, 0.1) is 0 Å².